The third-order valence-corrected chi connectivity index (χ3v) is 8.57. The highest BCUT2D eigenvalue weighted by Gasteiger charge is 2.38. The number of hydrogen-bond acceptors (Lipinski definition) is 3. The number of benzene rings is 3. The maximum atomic E-state index is 13.6. The van der Waals surface area contributed by atoms with Crippen LogP contribution in [-0.2, 0) is 9.59 Å². The number of rotatable bonds is 7. The third-order valence-electron chi connectivity index (χ3n) is 8.57. The molecule has 3 aromatic carbocycles. The zero-order chi connectivity index (χ0) is 26.7. The highest BCUT2D eigenvalue weighted by Crippen LogP contribution is 2.46. The minimum atomic E-state index is -0.952. The number of piperidine rings is 1. The Kier molecular flexibility index (Phi) is 7.50. The Hall–Kier alpha value is -3.67. The Morgan fingerprint density at radius 2 is 1.63 bits per heavy atom. The van der Waals surface area contributed by atoms with Gasteiger partial charge in [-0.2, -0.15) is 0 Å². The fourth-order valence-electron chi connectivity index (χ4n) is 6.46. The summed E-state index contributed by atoms with van der Waals surface area (Å²) in [7, 11) is 0. The molecule has 0 aromatic heterocycles. The standard InChI is InChI=1S/C32H36N2O4/c1-22-11-12-28(27(19-22)31(38)34-17-15-32(16-18-34)13-4-5-14-32)33-29(35)20-24(21-30(36)37)26-10-6-8-23-7-2-3-9-25(23)26/h2-3,6-12,19,24H,4-5,13-18,20-21H2,1H3,(H,33,35)(H,36,37). The number of amides is 2. The van der Waals surface area contributed by atoms with Crippen molar-refractivity contribution in [3.05, 3.63) is 77.4 Å². The molecule has 2 aliphatic rings. The molecule has 5 rings (SSSR count). The van der Waals surface area contributed by atoms with Crippen LogP contribution >= 0.6 is 0 Å². The number of nitrogens with one attached hydrogen (secondary N) is 1. The first kappa shape index (κ1) is 26.0. The summed E-state index contributed by atoms with van der Waals surface area (Å²) in [6.45, 7) is 3.44. The molecule has 3 aromatic rings. The molecular weight excluding hydrogens is 476 g/mol. The SMILES string of the molecule is Cc1ccc(NC(=O)CC(CC(=O)O)c2cccc3ccccc23)c(C(=O)N2CCC3(CCCC3)CC2)c1. The molecule has 1 saturated heterocycles. The van der Waals surface area contributed by atoms with Crippen LogP contribution in [0.2, 0.25) is 0 Å². The normalized spacial score (nSPS) is 17.4. The summed E-state index contributed by atoms with van der Waals surface area (Å²) in [4.78, 5) is 40.5. The topological polar surface area (TPSA) is 86.7 Å². The second kappa shape index (κ2) is 11.0. The number of anilines is 1. The summed E-state index contributed by atoms with van der Waals surface area (Å²) < 4.78 is 0. The Bertz CT molecular complexity index is 1340. The number of hydrogen-bond donors (Lipinski definition) is 2. The molecule has 2 fully saturated rings. The van der Waals surface area contributed by atoms with Gasteiger partial charge in [-0.15, -0.1) is 0 Å². The van der Waals surface area contributed by atoms with E-state index in [1.807, 2.05) is 66.4 Å². The highest BCUT2D eigenvalue weighted by molar-refractivity contribution is 6.04. The van der Waals surface area contributed by atoms with E-state index in [0.29, 0.717) is 16.7 Å². The molecule has 2 amide bonds. The lowest BCUT2D eigenvalue weighted by Gasteiger charge is -2.39. The Morgan fingerprint density at radius 3 is 2.37 bits per heavy atom. The number of fused-ring (bicyclic) bond motifs is 1. The quantitative estimate of drug-likeness (QED) is 0.377. The van der Waals surface area contributed by atoms with E-state index in [0.717, 1.165) is 47.8 Å². The number of carboxylic acid groups (broad SMARTS) is 1. The monoisotopic (exact) mass is 512 g/mol. The number of carbonyl (C=O) groups is 3. The van der Waals surface area contributed by atoms with Crippen molar-refractivity contribution >= 4 is 34.2 Å². The van der Waals surface area contributed by atoms with Crippen LogP contribution in [-0.4, -0.2) is 40.9 Å². The van der Waals surface area contributed by atoms with Gasteiger partial charge in [-0.3, -0.25) is 14.4 Å². The number of carboxylic acids is 1. The third kappa shape index (κ3) is 5.59. The largest absolute Gasteiger partial charge is 0.481 e. The van der Waals surface area contributed by atoms with Crippen LogP contribution in [0.1, 0.15) is 78.8 Å². The summed E-state index contributed by atoms with van der Waals surface area (Å²) >= 11 is 0. The first-order chi connectivity index (χ1) is 18.3. The van der Waals surface area contributed by atoms with E-state index in [9.17, 15) is 19.5 Å². The van der Waals surface area contributed by atoms with E-state index in [1.54, 1.807) is 6.07 Å². The maximum Gasteiger partial charge on any atom is 0.303 e. The summed E-state index contributed by atoms with van der Waals surface area (Å²) in [5.41, 5.74) is 3.20. The van der Waals surface area contributed by atoms with Crippen LogP contribution in [0.5, 0.6) is 0 Å². The summed E-state index contributed by atoms with van der Waals surface area (Å²) in [6.07, 6.45) is 7.09. The molecule has 198 valence electrons. The molecule has 1 unspecified atom stereocenters. The van der Waals surface area contributed by atoms with Gasteiger partial charge in [0.2, 0.25) is 5.91 Å². The van der Waals surface area contributed by atoms with Crippen molar-refractivity contribution in [2.75, 3.05) is 18.4 Å². The van der Waals surface area contributed by atoms with Gasteiger partial charge in [0.1, 0.15) is 0 Å². The molecule has 2 N–H and O–H groups in total. The van der Waals surface area contributed by atoms with E-state index in [2.05, 4.69) is 5.32 Å². The molecule has 0 bridgehead atoms. The lowest BCUT2D eigenvalue weighted by molar-refractivity contribution is -0.137. The molecule has 1 heterocycles. The van der Waals surface area contributed by atoms with Crippen LogP contribution in [0.4, 0.5) is 5.69 Å². The van der Waals surface area contributed by atoms with Crippen molar-refractivity contribution in [1.82, 2.24) is 4.90 Å². The minimum Gasteiger partial charge on any atom is -0.481 e. The van der Waals surface area contributed by atoms with Gasteiger partial charge in [0.05, 0.1) is 17.7 Å². The zero-order valence-electron chi connectivity index (χ0n) is 22.0. The molecule has 6 heteroatoms. The Balaban J connectivity index is 1.34. The smallest absolute Gasteiger partial charge is 0.303 e. The Labute approximate surface area is 224 Å². The number of nitrogens with zero attached hydrogens (tertiary/aromatic N) is 1. The molecular formula is C32H36N2O4. The number of likely N-dealkylation sites (tertiary alicyclic amines) is 1. The fraction of sp³-hybridized carbons (Fsp3) is 0.406. The lowest BCUT2D eigenvalue weighted by Crippen LogP contribution is -2.42. The minimum absolute atomic E-state index is 0.00798. The van der Waals surface area contributed by atoms with Gasteiger partial charge in [-0.25, -0.2) is 0 Å². The summed E-state index contributed by atoms with van der Waals surface area (Å²) in [6, 6.07) is 19.1. The number of carbonyl (C=O) groups excluding carboxylic acids is 2. The number of aliphatic carboxylic acids is 1. The van der Waals surface area contributed by atoms with Gasteiger partial charge in [0.15, 0.2) is 0 Å². The Morgan fingerprint density at radius 1 is 0.921 bits per heavy atom. The first-order valence-electron chi connectivity index (χ1n) is 13.7. The van der Waals surface area contributed by atoms with Crippen molar-refractivity contribution < 1.29 is 19.5 Å². The van der Waals surface area contributed by atoms with Crippen LogP contribution in [0.3, 0.4) is 0 Å². The molecule has 0 radical (unpaired) electrons. The average Bonchev–Trinajstić information content (AvgIpc) is 3.36. The molecule has 1 spiro atoms. The molecule has 6 nitrogen and oxygen atoms in total. The van der Waals surface area contributed by atoms with Crippen LogP contribution < -0.4 is 5.32 Å². The van der Waals surface area contributed by atoms with Crippen LogP contribution in [0.15, 0.2) is 60.7 Å². The van der Waals surface area contributed by atoms with Gasteiger partial charge < -0.3 is 15.3 Å². The second-order valence-corrected chi connectivity index (χ2v) is 11.2. The first-order valence-corrected chi connectivity index (χ1v) is 13.7. The van der Waals surface area contributed by atoms with Gasteiger partial charge in [0.25, 0.3) is 5.91 Å². The molecule has 1 atom stereocenters. The van der Waals surface area contributed by atoms with Gasteiger partial charge in [0, 0.05) is 25.4 Å². The molecule has 1 aliphatic carbocycles. The molecule has 1 aliphatic heterocycles. The summed E-state index contributed by atoms with van der Waals surface area (Å²) in [5.74, 6) is -1.79. The van der Waals surface area contributed by atoms with Crippen molar-refractivity contribution in [2.24, 2.45) is 5.41 Å². The van der Waals surface area contributed by atoms with Gasteiger partial charge >= 0.3 is 5.97 Å². The predicted octanol–water partition coefficient (Wildman–Crippen LogP) is 6.53. The van der Waals surface area contributed by atoms with Crippen molar-refractivity contribution in [2.45, 2.75) is 64.2 Å². The fourth-order valence-corrected chi connectivity index (χ4v) is 6.46. The van der Waals surface area contributed by atoms with E-state index in [4.69, 9.17) is 0 Å². The van der Waals surface area contributed by atoms with Crippen molar-refractivity contribution in [1.29, 1.82) is 0 Å². The predicted molar refractivity (Wildman–Crippen MR) is 149 cm³/mol. The average molecular weight is 513 g/mol. The van der Waals surface area contributed by atoms with Crippen molar-refractivity contribution in [3.63, 3.8) is 0 Å². The molecule has 38 heavy (non-hydrogen) atoms. The molecule has 1 saturated carbocycles. The van der Waals surface area contributed by atoms with Crippen molar-refractivity contribution in [3.8, 4) is 0 Å². The van der Waals surface area contributed by atoms with Gasteiger partial charge in [-0.1, -0.05) is 66.9 Å². The maximum absolute atomic E-state index is 13.6. The second-order valence-electron chi connectivity index (χ2n) is 11.2. The van der Waals surface area contributed by atoms with Crippen LogP contribution in [0, 0.1) is 12.3 Å². The van der Waals surface area contributed by atoms with Gasteiger partial charge in [-0.05, 0) is 66.5 Å². The number of aryl methyl sites for hydroxylation is 1. The highest BCUT2D eigenvalue weighted by atomic mass is 16.4. The van der Waals surface area contributed by atoms with E-state index >= 15 is 0 Å². The van der Waals surface area contributed by atoms with E-state index in [-0.39, 0.29) is 24.7 Å². The zero-order valence-corrected chi connectivity index (χ0v) is 22.0. The summed E-state index contributed by atoms with van der Waals surface area (Å²) in [5, 5.41) is 14.5. The van der Waals surface area contributed by atoms with E-state index < -0.39 is 11.9 Å². The van der Waals surface area contributed by atoms with Crippen LogP contribution in [0.25, 0.3) is 10.8 Å². The van der Waals surface area contributed by atoms with E-state index in [1.165, 1.54) is 25.7 Å². The lowest BCUT2D eigenvalue weighted by atomic mass is 9.77.